The van der Waals surface area contributed by atoms with E-state index < -0.39 is 6.04 Å². The molecular formula is C16H24N2O3. The Hall–Kier alpha value is -1.78. The number of carbonyl (C=O) groups is 2. The highest BCUT2D eigenvalue weighted by atomic mass is 16.3. The summed E-state index contributed by atoms with van der Waals surface area (Å²) in [5, 5.41) is 5.78. The molecule has 5 heteroatoms. The van der Waals surface area contributed by atoms with Gasteiger partial charge in [-0.3, -0.25) is 9.59 Å². The third-order valence-electron chi connectivity index (χ3n) is 4.33. The van der Waals surface area contributed by atoms with Crippen molar-refractivity contribution in [2.24, 2.45) is 5.92 Å². The summed E-state index contributed by atoms with van der Waals surface area (Å²) in [5.74, 6) is 0.297. The lowest BCUT2D eigenvalue weighted by molar-refractivity contribution is -0.124. The lowest BCUT2D eigenvalue weighted by atomic mass is 9.78. The quantitative estimate of drug-likeness (QED) is 0.895. The second-order valence-corrected chi connectivity index (χ2v) is 6.44. The van der Waals surface area contributed by atoms with E-state index in [0.717, 1.165) is 31.6 Å². The molecule has 1 unspecified atom stereocenters. The highest BCUT2D eigenvalue weighted by Gasteiger charge is 2.32. The van der Waals surface area contributed by atoms with E-state index in [4.69, 9.17) is 4.42 Å². The van der Waals surface area contributed by atoms with Crippen molar-refractivity contribution in [2.45, 2.75) is 58.0 Å². The number of rotatable bonds is 4. The first kappa shape index (κ1) is 15.6. The van der Waals surface area contributed by atoms with E-state index in [1.54, 1.807) is 13.0 Å². The Kier molecular flexibility index (Phi) is 4.70. The summed E-state index contributed by atoms with van der Waals surface area (Å²) < 4.78 is 4.86. The molecule has 0 bridgehead atoms. The van der Waals surface area contributed by atoms with Crippen LogP contribution >= 0.6 is 0 Å². The van der Waals surface area contributed by atoms with E-state index in [9.17, 15) is 9.59 Å². The van der Waals surface area contributed by atoms with Gasteiger partial charge in [-0.05, 0) is 51.5 Å². The van der Waals surface area contributed by atoms with Crippen LogP contribution in [0.25, 0.3) is 0 Å². The van der Waals surface area contributed by atoms with Crippen LogP contribution in [0.1, 0.15) is 56.8 Å². The van der Waals surface area contributed by atoms with Gasteiger partial charge in [-0.15, -0.1) is 0 Å². The highest BCUT2D eigenvalue weighted by Crippen LogP contribution is 2.31. The number of carbonyl (C=O) groups excluding carboxylic acids is 2. The van der Waals surface area contributed by atoms with Crippen molar-refractivity contribution in [3.8, 4) is 0 Å². The first-order chi connectivity index (χ1) is 9.89. The van der Waals surface area contributed by atoms with E-state index in [2.05, 4.69) is 24.5 Å². The number of furan rings is 1. The molecule has 1 aromatic rings. The fourth-order valence-corrected chi connectivity index (χ4v) is 2.67. The van der Waals surface area contributed by atoms with E-state index in [1.807, 2.05) is 0 Å². The molecule has 1 fully saturated rings. The van der Waals surface area contributed by atoms with Crippen LogP contribution in [-0.4, -0.2) is 23.4 Å². The van der Waals surface area contributed by atoms with Gasteiger partial charge in [0.1, 0.15) is 12.3 Å². The van der Waals surface area contributed by atoms with Gasteiger partial charge in [0.2, 0.25) is 5.91 Å². The van der Waals surface area contributed by atoms with Crippen molar-refractivity contribution >= 4 is 11.8 Å². The Morgan fingerprint density at radius 3 is 2.62 bits per heavy atom. The molecule has 1 aliphatic rings. The molecule has 2 rings (SSSR count). The minimum Gasteiger partial charge on any atom is -0.472 e. The van der Waals surface area contributed by atoms with Crippen molar-refractivity contribution in [3.05, 3.63) is 24.2 Å². The third kappa shape index (κ3) is 4.09. The zero-order valence-electron chi connectivity index (χ0n) is 12.9. The molecular weight excluding hydrogens is 268 g/mol. The first-order valence-corrected chi connectivity index (χ1v) is 7.55. The van der Waals surface area contributed by atoms with Crippen LogP contribution < -0.4 is 10.6 Å². The van der Waals surface area contributed by atoms with E-state index in [-0.39, 0.29) is 17.4 Å². The van der Waals surface area contributed by atoms with Gasteiger partial charge in [-0.25, -0.2) is 0 Å². The van der Waals surface area contributed by atoms with E-state index >= 15 is 0 Å². The van der Waals surface area contributed by atoms with Crippen LogP contribution in [0.3, 0.4) is 0 Å². The summed E-state index contributed by atoms with van der Waals surface area (Å²) in [6, 6.07) is 1.01. The van der Waals surface area contributed by atoms with Gasteiger partial charge in [0.05, 0.1) is 11.8 Å². The third-order valence-corrected chi connectivity index (χ3v) is 4.33. The number of hydrogen-bond donors (Lipinski definition) is 2. The summed E-state index contributed by atoms with van der Waals surface area (Å²) >= 11 is 0. The van der Waals surface area contributed by atoms with Crippen molar-refractivity contribution in [3.63, 3.8) is 0 Å². The Morgan fingerprint density at radius 2 is 2.05 bits per heavy atom. The lowest BCUT2D eigenvalue weighted by Crippen LogP contribution is -2.54. The Bertz CT molecular complexity index is 488. The average Bonchev–Trinajstić information content (AvgIpc) is 2.96. The summed E-state index contributed by atoms with van der Waals surface area (Å²) in [6.45, 7) is 6.03. The highest BCUT2D eigenvalue weighted by molar-refractivity contribution is 5.97. The molecule has 5 nitrogen and oxygen atoms in total. The number of nitrogens with one attached hydrogen (secondary N) is 2. The monoisotopic (exact) mass is 292 g/mol. The average molecular weight is 292 g/mol. The van der Waals surface area contributed by atoms with Crippen molar-refractivity contribution in [1.29, 1.82) is 0 Å². The molecule has 1 saturated carbocycles. The maximum atomic E-state index is 12.3. The first-order valence-electron chi connectivity index (χ1n) is 7.55. The molecule has 0 aromatic carbocycles. The predicted octanol–water partition coefficient (Wildman–Crippen LogP) is 2.48. The van der Waals surface area contributed by atoms with Gasteiger partial charge >= 0.3 is 0 Å². The second kappa shape index (κ2) is 6.33. The van der Waals surface area contributed by atoms with Gasteiger partial charge in [-0.1, -0.05) is 6.92 Å². The van der Waals surface area contributed by atoms with Crippen LogP contribution in [0.5, 0.6) is 0 Å². The molecule has 2 amide bonds. The second-order valence-electron chi connectivity index (χ2n) is 6.44. The van der Waals surface area contributed by atoms with Crippen molar-refractivity contribution < 1.29 is 14.0 Å². The van der Waals surface area contributed by atoms with Gasteiger partial charge in [-0.2, -0.15) is 0 Å². The number of hydrogen-bond acceptors (Lipinski definition) is 3. The topological polar surface area (TPSA) is 71.3 Å². The summed E-state index contributed by atoms with van der Waals surface area (Å²) in [7, 11) is 0. The Labute approximate surface area is 125 Å². The smallest absolute Gasteiger partial charge is 0.255 e. The molecule has 1 aliphatic carbocycles. The summed E-state index contributed by atoms with van der Waals surface area (Å²) in [4.78, 5) is 24.1. The molecule has 1 atom stereocenters. The van der Waals surface area contributed by atoms with Crippen LogP contribution in [0.15, 0.2) is 23.0 Å². The summed E-state index contributed by atoms with van der Waals surface area (Å²) in [5.41, 5.74) is 0.269. The molecule has 2 N–H and O–H groups in total. The van der Waals surface area contributed by atoms with Crippen LogP contribution in [0.2, 0.25) is 0 Å². The van der Waals surface area contributed by atoms with Gasteiger partial charge in [0.25, 0.3) is 5.91 Å². The fraction of sp³-hybridized carbons (Fsp3) is 0.625. The normalized spacial score (nSPS) is 26.9. The zero-order chi connectivity index (χ0) is 15.5. The van der Waals surface area contributed by atoms with Crippen LogP contribution in [0.4, 0.5) is 0 Å². The predicted molar refractivity (Wildman–Crippen MR) is 79.8 cm³/mol. The molecule has 0 saturated heterocycles. The molecule has 0 aliphatic heterocycles. The molecule has 0 radical (unpaired) electrons. The van der Waals surface area contributed by atoms with Gasteiger partial charge in [0, 0.05) is 5.54 Å². The zero-order valence-corrected chi connectivity index (χ0v) is 12.9. The standard InChI is InChI=1S/C16H24N2O3/c1-11-4-7-16(3,8-5-11)18-14(19)12(2)17-15(20)13-6-9-21-10-13/h6,9-12H,4-5,7-8H2,1-3H3,(H,17,20)(H,18,19). The van der Waals surface area contributed by atoms with E-state index in [1.165, 1.54) is 12.5 Å². The van der Waals surface area contributed by atoms with Crippen molar-refractivity contribution in [2.75, 3.05) is 0 Å². The SMILES string of the molecule is CC1CCC(C)(NC(=O)C(C)NC(=O)c2ccoc2)CC1. The maximum absolute atomic E-state index is 12.3. The largest absolute Gasteiger partial charge is 0.472 e. The summed E-state index contributed by atoms with van der Waals surface area (Å²) in [6.07, 6.45) is 7.04. The minimum absolute atomic E-state index is 0.135. The van der Waals surface area contributed by atoms with Crippen LogP contribution in [0, 0.1) is 5.92 Å². The fourth-order valence-electron chi connectivity index (χ4n) is 2.67. The number of amides is 2. The Morgan fingerprint density at radius 1 is 1.38 bits per heavy atom. The lowest BCUT2D eigenvalue weighted by Gasteiger charge is -2.37. The molecule has 1 aromatic heterocycles. The molecule has 21 heavy (non-hydrogen) atoms. The maximum Gasteiger partial charge on any atom is 0.255 e. The molecule has 116 valence electrons. The molecule has 0 spiro atoms. The van der Waals surface area contributed by atoms with Gasteiger partial charge < -0.3 is 15.1 Å². The van der Waals surface area contributed by atoms with E-state index in [0.29, 0.717) is 5.56 Å². The molecule has 1 heterocycles. The van der Waals surface area contributed by atoms with Crippen LogP contribution in [-0.2, 0) is 4.79 Å². The van der Waals surface area contributed by atoms with Gasteiger partial charge in [0.15, 0.2) is 0 Å². The Balaban J connectivity index is 1.86. The van der Waals surface area contributed by atoms with Crippen molar-refractivity contribution in [1.82, 2.24) is 10.6 Å². The minimum atomic E-state index is -0.566.